The predicted molar refractivity (Wildman–Crippen MR) is 121 cm³/mol. The van der Waals surface area contributed by atoms with Gasteiger partial charge in [0.15, 0.2) is 5.96 Å². The summed E-state index contributed by atoms with van der Waals surface area (Å²) in [5.41, 5.74) is 1.40. The molecule has 1 rings (SSSR count). The van der Waals surface area contributed by atoms with Crippen LogP contribution in [0, 0.1) is 0 Å². The average molecular weight is 496 g/mol. The monoisotopic (exact) mass is 496 g/mol. The molecule has 0 aliphatic heterocycles. The van der Waals surface area contributed by atoms with E-state index in [4.69, 9.17) is 0 Å². The largest absolute Gasteiger partial charge is 0.356 e. The van der Waals surface area contributed by atoms with Crippen LogP contribution in [0.4, 0.5) is 0 Å². The maximum atomic E-state index is 11.0. The number of rotatable bonds is 10. The van der Waals surface area contributed by atoms with E-state index in [9.17, 15) is 8.42 Å². The fourth-order valence-corrected chi connectivity index (χ4v) is 3.34. The molecule has 0 radical (unpaired) electrons. The maximum Gasteiger partial charge on any atom is 0.208 e. The minimum absolute atomic E-state index is 0. The van der Waals surface area contributed by atoms with Gasteiger partial charge in [-0.05, 0) is 24.8 Å². The second-order valence-electron chi connectivity index (χ2n) is 6.23. The minimum atomic E-state index is -3.12. The Morgan fingerprint density at radius 2 is 1.69 bits per heavy atom. The number of benzene rings is 1. The molecule has 1 aromatic carbocycles. The SMILES string of the molecule is CCC(CC)(CNC(=NC)NCCCNS(C)(=O)=O)c1ccccc1.I. The van der Waals surface area contributed by atoms with Crippen LogP contribution in [-0.2, 0) is 15.4 Å². The van der Waals surface area contributed by atoms with Gasteiger partial charge in [0.2, 0.25) is 10.0 Å². The standard InChI is InChI=1S/C18H32N4O2S.HI/c1-5-18(6-2,16-11-8-7-9-12-16)15-21-17(19-3)20-13-10-14-22-25(4,23)24;/h7-9,11-12,22H,5-6,10,13-15H2,1-4H3,(H2,19,20,21);1H. The predicted octanol–water partition coefficient (Wildman–Crippen LogP) is 2.47. The number of nitrogens with one attached hydrogen (secondary N) is 3. The Hall–Kier alpha value is -0.870. The first kappa shape index (κ1) is 25.1. The molecule has 0 bridgehead atoms. The Kier molecular flexibility index (Phi) is 12.1. The van der Waals surface area contributed by atoms with Gasteiger partial charge in [-0.2, -0.15) is 0 Å². The van der Waals surface area contributed by atoms with Crippen LogP contribution in [0.15, 0.2) is 35.3 Å². The lowest BCUT2D eigenvalue weighted by Crippen LogP contribution is -2.45. The van der Waals surface area contributed by atoms with E-state index in [0.29, 0.717) is 19.5 Å². The molecule has 0 spiro atoms. The third-order valence-corrected chi connectivity index (χ3v) is 5.30. The van der Waals surface area contributed by atoms with E-state index >= 15 is 0 Å². The molecule has 0 aromatic heterocycles. The smallest absolute Gasteiger partial charge is 0.208 e. The van der Waals surface area contributed by atoms with Crippen molar-refractivity contribution in [3.05, 3.63) is 35.9 Å². The highest BCUT2D eigenvalue weighted by atomic mass is 127. The van der Waals surface area contributed by atoms with Gasteiger partial charge in [0, 0.05) is 32.1 Å². The summed E-state index contributed by atoms with van der Waals surface area (Å²) in [5.74, 6) is 0.738. The lowest BCUT2D eigenvalue weighted by molar-refractivity contribution is 0.389. The van der Waals surface area contributed by atoms with Crippen LogP contribution in [0.2, 0.25) is 0 Å². The van der Waals surface area contributed by atoms with Crippen LogP contribution in [0.25, 0.3) is 0 Å². The van der Waals surface area contributed by atoms with E-state index in [0.717, 1.165) is 25.3 Å². The zero-order valence-corrected chi connectivity index (χ0v) is 19.4. The topological polar surface area (TPSA) is 82.6 Å². The third-order valence-electron chi connectivity index (χ3n) is 4.57. The molecule has 150 valence electrons. The molecule has 8 heteroatoms. The van der Waals surface area contributed by atoms with Crippen LogP contribution in [0.1, 0.15) is 38.7 Å². The highest BCUT2D eigenvalue weighted by Crippen LogP contribution is 2.30. The van der Waals surface area contributed by atoms with Crippen molar-refractivity contribution in [3.63, 3.8) is 0 Å². The number of hydrogen-bond donors (Lipinski definition) is 3. The van der Waals surface area contributed by atoms with Crippen LogP contribution in [0.5, 0.6) is 0 Å². The van der Waals surface area contributed by atoms with Crippen LogP contribution >= 0.6 is 24.0 Å². The Bertz CT molecular complexity index is 632. The summed E-state index contributed by atoms with van der Waals surface area (Å²) in [6.07, 6.45) is 3.93. The highest BCUT2D eigenvalue weighted by Gasteiger charge is 2.28. The summed E-state index contributed by atoms with van der Waals surface area (Å²) < 4.78 is 24.5. The minimum Gasteiger partial charge on any atom is -0.356 e. The van der Waals surface area contributed by atoms with Gasteiger partial charge >= 0.3 is 0 Å². The molecule has 0 aliphatic rings. The van der Waals surface area contributed by atoms with Gasteiger partial charge in [-0.15, -0.1) is 24.0 Å². The zero-order chi connectivity index (χ0) is 18.8. The van der Waals surface area contributed by atoms with Crippen LogP contribution in [0.3, 0.4) is 0 Å². The van der Waals surface area contributed by atoms with Gasteiger partial charge < -0.3 is 10.6 Å². The van der Waals surface area contributed by atoms with Gasteiger partial charge in [0.1, 0.15) is 0 Å². The molecule has 0 amide bonds. The Morgan fingerprint density at radius 3 is 2.19 bits per heavy atom. The van der Waals surface area contributed by atoms with Crippen molar-refractivity contribution in [2.45, 2.75) is 38.5 Å². The van der Waals surface area contributed by atoms with Gasteiger partial charge in [-0.1, -0.05) is 44.2 Å². The lowest BCUT2D eigenvalue weighted by atomic mass is 9.76. The molecule has 0 heterocycles. The number of sulfonamides is 1. The summed E-state index contributed by atoms with van der Waals surface area (Å²) >= 11 is 0. The van der Waals surface area contributed by atoms with E-state index in [2.05, 4.69) is 58.5 Å². The second-order valence-corrected chi connectivity index (χ2v) is 8.06. The summed E-state index contributed by atoms with van der Waals surface area (Å²) in [7, 11) is -1.38. The van der Waals surface area contributed by atoms with E-state index in [1.54, 1.807) is 7.05 Å². The van der Waals surface area contributed by atoms with Crippen molar-refractivity contribution < 1.29 is 8.42 Å². The Balaban J connectivity index is 0.00000625. The number of guanidine groups is 1. The van der Waals surface area contributed by atoms with Crippen molar-refractivity contribution in [2.75, 3.05) is 32.9 Å². The molecule has 26 heavy (non-hydrogen) atoms. The summed E-state index contributed by atoms with van der Waals surface area (Å²) in [4.78, 5) is 4.26. The van der Waals surface area contributed by atoms with Crippen molar-refractivity contribution in [3.8, 4) is 0 Å². The van der Waals surface area contributed by atoms with E-state index in [-0.39, 0.29) is 29.4 Å². The van der Waals surface area contributed by atoms with Crippen molar-refractivity contribution in [1.29, 1.82) is 0 Å². The van der Waals surface area contributed by atoms with Gasteiger partial charge in [0.05, 0.1) is 6.26 Å². The number of halogens is 1. The van der Waals surface area contributed by atoms with Crippen molar-refractivity contribution in [2.24, 2.45) is 4.99 Å². The number of hydrogen-bond acceptors (Lipinski definition) is 3. The molecular weight excluding hydrogens is 463 g/mol. The molecule has 0 atom stereocenters. The first-order valence-corrected chi connectivity index (χ1v) is 10.7. The molecule has 6 nitrogen and oxygen atoms in total. The molecule has 0 unspecified atom stereocenters. The fraction of sp³-hybridized carbons (Fsp3) is 0.611. The number of nitrogens with zero attached hydrogens (tertiary/aromatic N) is 1. The Labute approximate surface area is 175 Å². The normalized spacial score (nSPS) is 12.4. The van der Waals surface area contributed by atoms with Gasteiger partial charge in [-0.25, -0.2) is 13.1 Å². The van der Waals surface area contributed by atoms with Gasteiger partial charge in [0.25, 0.3) is 0 Å². The quantitative estimate of drug-likeness (QED) is 0.201. The first-order chi connectivity index (χ1) is 11.9. The van der Waals surface area contributed by atoms with Crippen molar-refractivity contribution >= 4 is 40.0 Å². The average Bonchev–Trinajstić information content (AvgIpc) is 2.60. The number of aliphatic imine (C=N–C) groups is 1. The van der Waals surface area contributed by atoms with E-state index < -0.39 is 10.0 Å². The fourth-order valence-electron chi connectivity index (χ4n) is 2.83. The molecule has 0 aliphatic carbocycles. The van der Waals surface area contributed by atoms with Crippen LogP contribution < -0.4 is 15.4 Å². The van der Waals surface area contributed by atoms with E-state index in [1.807, 2.05) is 6.07 Å². The first-order valence-electron chi connectivity index (χ1n) is 8.81. The summed E-state index contributed by atoms with van der Waals surface area (Å²) in [6.45, 7) is 6.29. The third kappa shape index (κ3) is 8.68. The van der Waals surface area contributed by atoms with Crippen molar-refractivity contribution in [1.82, 2.24) is 15.4 Å². The molecule has 0 fully saturated rings. The molecule has 0 saturated carbocycles. The molecule has 1 aromatic rings. The Morgan fingerprint density at radius 1 is 1.08 bits per heavy atom. The molecule has 3 N–H and O–H groups in total. The highest BCUT2D eigenvalue weighted by molar-refractivity contribution is 14.0. The molecular formula is C18H33IN4O2S. The van der Waals surface area contributed by atoms with E-state index in [1.165, 1.54) is 11.8 Å². The zero-order valence-electron chi connectivity index (χ0n) is 16.2. The summed E-state index contributed by atoms with van der Waals surface area (Å²) in [5, 5.41) is 6.65. The second kappa shape index (κ2) is 12.5. The lowest BCUT2D eigenvalue weighted by Gasteiger charge is -2.33. The maximum absolute atomic E-state index is 11.0. The van der Waals surface area contributed by atoms with Gasteiger partial charge in [-0.3, -0.25) is 4.99 Å². The molecule has 0 saturated heterocycles. The van der Waals surface area contributed by atoms with Crippen LogP contribution in [-0.4, -0.2) is 47.3 Å². The summed E-state index contributed by atoms with van der Waals surface area (Å²) in [6, 6.07) is 10.6.